The van der Waals surface area contributed by atoms with Crippen LogP contribution in [0.5, 0.6) is 5.75 Å². The number of hydrogen-bond donors (Lipinski definition) is 2. The molecule has 1 aliphatic carbocycles. The van der Waals surface area contributed by atoms with Crippen LogP contribution < -0.4 is 0 Å². The molecule has 6 rings (SSSR count). The van der Waals surface area contributed by atoms with E-state index in [0.29, 0.717) is 11.7 Å². The van der Waals surface area contributed by atoms with Crippen LogP contribution in [0, 0.1) is 5.92 Å². The second kappa shape index (κ2) is 8.23. The van der Waals surface area contributed by atoms with E-state index >= 15 is 0 Å². The summed E-state index contributed by atoms with van der Waals surface area (Å²) < 4.78 is 0. The Morgan fingerprint density at radius 1 is 1.03 bits per heavy atom. The molecule has 1 fully saturated rings. The Kier molecular flexibility index (Phi) is 5.20. The lowest BCUT2D eigenvalue weighted by Gasteiger charge is -2.51. The summed E-state index contributed by atoms with van der Waals surface area (Å²) in [6.45, 7) is 3.25. The molecule has 1 unspecified atom stereocenters. The largest absolute Gasteiger partial charge is 0.508 e. The van der Waals surface area contributed by atoms with Crippen LogP contribution in [-0.2, 0) is 24.7 Å². The van der Waals surface area contributed by atoms with E-state index in [1.807, 2.05) is 18.2 Å². The van der Waals surface area contributed by atoms with Crippen LogP contribution in [0.15, 0.2) is 72.8 Å². The lowest BCUT2D eigenvalue weighted by atomic mass is 9.58. The molecule has 1 aliphatic heterocycles. The second-order valence-electron chi connectivity index (χ2n) is 9.84. The number of likely N-dealkylation sites (tertiary alicyclic amines) is 1. The van der Waals surface area contributed by atoms with Crippen LogP contribution in [0.4, 0.5) is 0 Å². The van der Waals surface area contributed by atoms with E-state index in [4.69, 9.17) is 11.6 Å². The van der Waals surface area contributed by atoms with Gasteiger partial charge < -0.3 is 15.0 Å². The minimum atomic E-state index is 0.0413. The van der Waals surface area contributed by atoms with Crippen molar-refractivity contribution in [2.24, 2.45) is 5.92 Å². The van der Waals surface area contributed by atoms with E-state index in [-0.39, 0.29) is 5.41 Å². The van der Waals surface area contributed by atoms with Crippen molar-refractivity contribution >= 4 is 22.5 Å². The molecule has 0 radical (unpaired) electrons. The summed E-state index contributed by atoms with van der Waals surface area (Å²) in [6, 6.07) is 25.0. The van der Waals surface area contributed by atoms with Crippen LogP contribution in [0.1, 0.15) is 28.8 Å². The quantitative estimate of drug-likeness (QED) is 0.388. The maximum absolute atomic E-state index is 10.3. The smallest absolute Gasteiger partial charge is 0.115 e. The zero-order valence-electron chi connectivity index (χ0n) is 18.7. The third-order valence-corrected chi connectivity index (χ3v) is 8.25. The maximum Gasteiger partial charge on any atom is 0.115 e. The van der Waals surface area contributed by atoms with Crippen molar-refractivity contribution in [1.82, 2.24) is 9.88 Å². The summed E-state index contributed by atoms with van der Waals surface area (Å²) >= 11 is 6.37. The van der Waals surface area contributed by atoms with Crippen molar-refractivity contribution in [3.05, 3.63) is 100 Å². The van der Waals surface area contributed by atoms with Gasteiger partial charge in [0.05, 0.1) is 0 Å². The highest BCUT2D eigenvalue weighted by Crippen LogP contribution is 2.49. The van der Waals surface area contributed by atoms with Gasteiger partial charge >= 0.3 is 0 Å². The maximum atomic E-state index is 10.3. The molecule has 2 heterocycles. The number of aromatic hydroxyl groups is 1. The molecule has 2 aliphatic rings. The number of halogens is 1. The first-order valence-corrected chi connectivity index (χ1v) is 12.3. The number of H-pyrrole nitrogens is 1. The Balaban J connectivity index is 1.35. The highest BCUT2D eigenvalue weighted by atomic mass is 35.5. The Morgan fingerprint density at radius 2 is 1.91 bits per heavy atom. The standard InChI is InChI=1S/C29H29ClN2O/c30-23-9-10-27-26(17-23)25-16-22-19-32(13-11-20-5-2-1-3-6-20)14-12-29(22,18-28(25)31-27)21-7-4-8-24(33)15-21/h1-10,15,17,22,31,33H,11-14,16,18-19H2/t22?,29-/m1/s1. The third-order valence-electron chi connectivity index (χ3n) is 8.01. The number of aromatic amines is 1. The van der Waals surface area contributed by atoms with E-state index in [9.17, 15) is 5.11 Å². The molecule has 0 saturated carbocycles. The molecular weight excluding hydrogens is 428 g/mol. The van der Waals surface area contributed by atoms with Gasteiger partial charge in [0.2, 0.25) is 0 Å². The summed E-state index contributed by atoms with van der Waals surface area (Å²) in [7, 11) is 0. The number of fused-ring (bicyclic) bond motifs is 4. The number of aromatic nitrogens is 1. The monoisotopic (exact) mass is 456 g/mol. The molecule has 3 nitrogen and oxygen atoms in total. The Morgan fingerprint density at radius 3 is 2.76 bits per heavy atom. The fourth-order valence-corrected chi connectivity index (χ4v) is 6.46. The van der Waals surface area contributed by atoms with Crippen LogP contribution in [0.3, 0.4) is 0 Å². The van der Waals surface area contributed by atoms with Crippen molar-refractivity contribution in [3.8, 4) is 5.75 Å². The second-order valence-corrected chi connectivity index (χ2v) is 10.3. The molecule has 0 amide bonds. The van der Waals surface area contributed by atoms with Gasteiger partial charge in [-0.3, -0.25) is 0 Å². The molecule has 4 aromatic rings. The van der Waals surface area contributed by atoms with Crippen LogP contribution >= 0.6 is 11.6 Å². The number of nitrogens with one attached hydrogen (secondary N) is 1. The third kappa shape index (κ3) is 3.74. The Hall–Kier alpha value is -2.75. The van der Waals surface area contributed by atoms with Gasteiger partial charge in [0.15, 0.2) is 0 Å². The van der Waals surface area contributed by atoms with Gasteiger partial charge in [-0.2, -0.15) is 0 Å². The molecule has 1 aromatic heterocycles. The molecule has 0 spiro atoms. The molecule has 4 heteroatoms. The highest BCUT2D eigenvalue weighted by molar-refractivity contribution is 6.31. The van der Waals surface area contributed by atoms with E-state index < -0.39 is 0 Å². The van der Waals surface area contributed by atoms with E-state index in [1.54, 1.807) is 6.07 Å². The lowest BCUT2D eigenvalue weighted by molar-refractivity contribution is 0.0822. The minimum absolute atomic E-state index is 0.0413. The van der Waals surface area contributed by atoms with Crippen molar-refractivity contribution in [1.29, 1.82) is 0 Å². The fourth-order valence-electron chi connectivity index (χ4n) is 6.29. The zero-order chi connectivity index (χ0) is 22.4. The fraction of sp³-hybridized carbons (Fsp3) is 0.310. The van der Waals surface area contributed by atoms with Gasteiger partial charge in [0.1, 0.15) is 5.75 Å². The average molecular weight is 457 g/mol. The topological polar surface area (TPSA) is 39.3 Å². The molecule has 168 valence electrons. The molecule has 1 saturated heterocycles. The predicted molar refractivity (Wildman–Crippen MR) is 135 cm³/mol. The van der Waals surface area contributed by atoms with Crippen LogP contribution in [0.2, 0.25) is 5.02 Å². The van der Waals surface area contributed by atoms with E-state index in [2.05, 4.69) is 58.4 Å². The first-order valence-electron chi connectivity index (χ1n) is 12.0. The van der Waals surface area contributed by atoms with Crippen molar-refractivity contribution in [3.63, 3.8) is 0 Å². The minimum Gasteiger partial charge on any atom is -0.508 e. The molecule has 33 heavy (non-hydrogen) atoms. The first-order chi connectivity index (χ1) is 16.1. The average Bonchev–Trinajstić information content (AvgIpc) is 3.18. The van der Waals surface area contributed by atoms with Gasteiger partial charge in [-0.05, 0) is 85.2 Å². The first kappa shape index (κ1) is 20.8. The number of rotatable bonds is 4. The number of piperidine rings is 1. The van der Waals surface area contributed by atoms with Crippen LogP contribution in [0.25, 0.3) is 10.9 Å². The number of nitrogens with zero attached hydrogens (tertiary/aromatic N) is 1. The summed E-state index contributed by atoms with van der Waals surface area (Å²) in [5.74, 6) is 0.857. The zero-order valence-corrected chi connectivity index (χ0v) is 19.5. The number of phenolic OH excluding ortho intramolecular Hbond substituents is 1. The SMILES string of the molecule is Oc1cccc([C@]23CCN(CCc4ccccc4)CC2Cc2c([nH]c4ccc(Cl)cc24)C3)c1. The van der Waals surface area contributed by atoms with Crippen molar-refractivity contribution in [2.75, 3.05) is 19.6 Å². The summed E-state index contributed by atoms with van der Waals surface area (Å²) in [6.07, 6.45) is 4.20. The predicted octanol–water partition coefficient (Wildman–Crippen LogP) is 6.13. The normalized spacial score (nSPS) is 22.8. The van der Waals surface area contributed by atoms with Crippen molar-refractivity contribution < 1.29 is 5.11 Å². The van der Waals surface area contributed by atoms with Crippen LogP contribution in [-0.4, -0.2) is 34.6 Å². The van der Waals surface area contributed by atoms with E-state index in [0.717, 1.165) is 50.3 Å². The molecule has 2 atom stereocenters. The number of phenols is 1. The van der Waals surface area contributed by atoms with Gasteiger partial charge in [-0.25, -0.2) is 0 Å². The van der Waals surface area contributed by atoms with E-state index in [1.165, 1.54) is 33.3 Å². The lowest BCUT2D eigenvalue weighted by Crippen LogP contribution is -2.54. The van der Waals surface area contributed by atoms with Gasteiger partial charge in [-0.1, -0.05) is 54.1 Å². The summed E-state index contributed by atoms with van der Waals surface area (Å²) in [5.41, 5.74) is 6.66. The number of hydrogen-bond acceptors (Lipinski definition) is 2. The summed E-state index contributed by atoms with van der Waals surface area (Å²) in [4.78, 5) is 6.35. The Labute approximate surface area is 200 Å². The Bertz CT molecular complexity index is 1300. The highest BCUT2D eigenvalue weighted by Gasteiger charge is 2.48. The summed E-state index contributed by atoms with van der Waals surface area (Å²) in [5, 5.41) is 12.4. The van der Waals surface area contributed by atoms with Crippen molar-refractivity contribution in [2.45, 2.75) is 31.1 Å². The molecule has 3 aromatic carbocycles. The molecular formula is C29H29ClN2O. The number of benzene rings is 3. The van der Waals surface area contributed by atoms with Gasteiger partial charge in [0.25, 0.3) is 0 Å². The molecule has 0 bridgehead atoms. The van der Waals surface area contributed by atoms with Gasteiger partial charge in [0, 0.05) is 40.1 Å². The van der Waals surface area contributed by atoms with Gasteiger partial charge in [-0.15, -0.1) is 0 Å². The molecule has 2 N–H and O–H groups in total.